The van der Waals surface area contributed by atoms with E-state index < -0.39 is 5.60 Å². The lowest BCUT2D eigenvalue weighted by atomic mass is 9.98. The van der Waals surface area contributed by atoms with E-state index in [1.54, 1.807) is 12.1 Å². The monoisotopic (exact) mass is 280 g/mol. The SMILES string of the molecule is CC1(O)CCCN(CC(=O)Nc2ccc(F)cc2)CC1. The average molecular weight is 280 g/mol. The summed E-state index contributed by atoms with van der Waals surface area (Å²) >= 11 is 0. The maximum absolute atomic E-state index is 12.8. The fourth-order valence-electron chi connectivity index (χ4n) is 2.41. The van der Waals surface area contributed by atoms with Crippen LogP contribution in [-0.2, 0) is 4.79 Å². The van der Waals surface area contributed by atoms with Crippen LogP contribution in [0.25, 0.3) is 0 Å². The Bertz CT molecular complexity index is 459. The van der Waals surface area contributed by atoms with Crippen molar-refractivity contribution in [1.29, 1.82) is 0 Å². The molecule has 20 heavy (non-hydrogen) atoms. The molecule has 0 spiro atoms. The minimum absolute atomic E-state index is 0.113. The van der Waals surface area contributed by atoms with Gasteiger partial charge < -0.3 is 10.4 Å². The predicted octanol–water partition coefficient (Wildman–Crippen LogP) is 2.00. The van der Waals surface area contributed by atoms with E-state index in [1.807, 2.05) is 11.8 Å². The van der Waals surface area contributed by atoms with Crippen LogP contribution in [0.4, 0.5) is 10.1 Å². The highest BCUT2D eigenvalue weighted by molar-refractivity contribution is 5.92. The first-order valence-corrected chi connectivity index (χ1v) is 6.95. The summed E-state index contributed by atoms with van der Waals surface area (Å²) in [7, 11) is 0. The van der Waals surface area contributed by atoms with E-state index in [2.05, 4.69) is 5.32 Å². The lowest BCUT2D eigenvalue weighted by molar-refractivity contribution is -0.117. The zero-order chi connectivity index (χ0) is 14.6. The molecule has 2 N–H and O–H groups in total. The third-order valence-electron chi connectivity index (χ3n) is 3.65. The number of nitrogens with one attached hydrogen (secondary N) is 1. The van der Waals surface area contributed by atoms with Crippen LogP contribution in [0, 0.1) is 5.82 Å². The zero-order valence-corrected chi connectivity index (χ0v) is 11.7. The van der Waals surface area contributed by atoms with E-state index in [-0.39, 0.29) is 11.7 Å². The molecule has 0 aromatic heterocycles. The fourth-order valence-corrected chi connectivity index (χ4v) is 2.41. The van der Waals surface area contributed by atoms with E-state index in [0.717, 1.165) is 19.4 Å². The van der Waals surface area contributed by atoms with Gasteiger partial charge in [0.2, 0.25) is 5.91 Å². The van der Waals surface area contributed by atoms with Crippen molar-refractivity contribution < 1.29 is 14.3 Å². The molecule has 1 aromatic carbocycles. The number of carbonyl (C=O) groups excluding carboxylic acids is 1. The molecule has 0 radical (unpaired) electrons. The molecule has 1 amide bonds. The van der Waals surface area contributed by atoms with Crippen LogP contribution in [0.1, 0.15) is 26.2 Å². The second-order valence-electron chi connectivity index (χ2n) is 5.68. The Morgan fingerprint density at radius 2 is 2.05 bits per heavy atom. The third-order valence-corrected chi connectivity index (χ3v) is 3.65. The normalized spacial score (nSPS) is 24.1. The van der Waals surface area contributed by atoms with Crippen LogP contribution in [0.2, 0.25) is 0 Å². The summed E-state index contributed by atoms with van der Waals surface area (Å²) in [4.78, 5) is 14.0. The second-order valence-corrected chi connectivity index (χ2v) is 5.68. The van der Waals surface area contributed by atoms with Gasteiger partial charge in [0.25, 0.3) is 0 Å². The quantitative estimate of drug-likeness (QED) is 0.890. The van der Waals surface area contributed by atoms with Crippen LogP contribution in [0.15, 0.2) is 24.3 Å². The Morgan fingerprint density at radius 3 is 2.75 bits per heavy atom. The Hall–Kier alpha value is -1.46. The number of carbonyl (C=O) groups is 1. The minimum atomic E-state index is -0.623. The molecule has 0 bridgehead atoms. The Balaban J connectivity index is 1.83. The largest absolute Gasteiger partial charge is 0.390 e. The first kappa shape index (κ1) is 14.9. The van der Waals surface area contributed by atoms with Crippen LogP contribution in [-0.4, -0.2) is 41.1 Å². The molecule has 0 saturated carbocycles. The number of hydrogen-bond donors (Lipinski definition) is 2. The van der Waals surface area contributed by atoms with Crippen LogP contribution in [0.3, 0.4) is 0 Å². The molecule has 1 aromatic rings. The van der Waals surface area contributed by atoms with E-state index in [0.29, 0.717) is 25.2 Å². The molecule has 5 heteroatoms. The number of hydrogen-bond acceptors (Lipinski definition) is 3. The Morgan fingerprint density at radius 1 is 1.35 bits per heavy atom. The number of anilines is 1. The summed E-state index contributed by atoms with van der Waals surface area (Å²) in [5.41, 5.74) is -0.0273. The number of halogens is 1. The van der Waals surface area contributed by atoms with Crippen molar-refractivity contribution in [2.24, 2.45) is 0 Å². The molecule has 1 heterocycles. The Kier molecular flexibility index (Phi) is 4.73. The van der Waals surface area contributed by atoms with Gasteiger partial charge in [0.05, 0.1) is 12.1 Å². The fraction of sp³-hybridized carbons (Fsp3) is 0.533. The lowest BCUT2D eigenvalue weighted by Crippen LogP contribution is -2.35. The van der Waals surface area contributed by atoms with Crippen molar-refractivity contribution in [1.82, 2.24) is 4.90 Å². The number of aliphatic hydroxyl groups is 1. The maximum Gasteiger partial charge on any atom is 0.238 e. The standard InChI is InChI=1S/C15H21FN2O2/c1-15(20)7-2-9-18(10-8-15)11-14(19)17-13-5-3-12(16)4-6-13/h3-6,20H,2,7-11H2,1H3,(H,17,19). The van der Waals surface area contributed by atoms with Crippen molar-refractivity contribution in [2.45, 2.75) is 31.8 Å². The molecule has 1 aliphatic rings. The first-order chi connectivity index (χ1) is 9.44. The molecular formula is C15H21FN2O2. The molecule has 4 nitrogen and oxygen atoms in total. The van der Waals surface area contributed by atoms with Crippen LogP contribution in [0.5, 0.6) is 0 Å². The summed E-state index contributed by atoms with van der Waals surface area (Å²) in [6, 6.07) is 5.72. The summed E-state index contributed by atoms with van der Waals surface area (Å²) in [6.07, 6.45) is 2.33. The summed E-state index contributed by atoms with van der Waals surface area (Å²) in [5.74, 6) is -0.434. The van der Waals surface area contributed by atoms with E-state index in [1.165, 1.54) is 12.1 Å². The number of nitrogens with zero attached hydrogens (tertiary/aromatic N) is 1. The van der Waals surface area contributed by atoms with Gasteiger partial charge in [-0.25, -0.2) is 4.39 Å². The molecule has 2 rings (SSSR count). The van der Waals surface area contributed by atoms with Crippen molar-refractivity contribution in [2.75, 3.05) is 25.0 Å². The molecule has 1 unspecified atom stereocenters. The van der Waals surface area contributed by atoms with Gasteiger partial charge in [0.1, 0.15) is 5.82 Å². The zero-order valence-electron chi connectivity index (χ0n) is 11.7. The molecule has 0 aliphatic carbocycles. The average Bonchev–Trinajstić information content (AvgIpc) is 2.54. The number of likely N-dealkylation sites (tertiary alicyclic amines) is 1. The summed E-state index contributed by atoms with van der Waals surface area (Å²) in [5, 5.41) is 12.8. The Labute approximate surface area is 118 Å². The van der Waals surface area contributed by atoms with Gasteiger partial charge in [-0.3, -0.25) is 9.69 Å². The second kappa shape index (κ2) is 6.33. The van der Waals surface area contributed by atoms with E-state index in [9.17, 15) is 14.3 Å². The van der Waals surface area contributed by atoms with Gasteiger partial charge in [-0.05, 0) is 57.0 Å². The summed E-state index contributed by atoms with van der Waals surface area (Å²) in [6.45, 7) is 3.67. The van der Waals surface area contributed by atoms with E-state index in [4.69, 9.17) is 0 Å². The van der Waals surface area contributed by atoms with Crippen molar-refractivity contribution in [3.63, 3.8) is 0 Å². The van der Waals surface area contributed by atoms with Gasteiger partial charge in [0, 0.05) is 12.2 Å². The van der Waals surface area contributed by atoms with Gasteiger partial charge in [0.15, 0.2) is 0 Å². The smallest absolute Gasteiger partial charge is 0.238 e. The van der Waals surface area contributed by atoms with E-state index >= 15 is 0 Å². The highest BCUT2D eigenvalue weighted by Crippen LogP contribution is 2.21. The van der Waals surface area contributed by atoms with Crippen LogP contribution >= 0.6 is 0 Å². The molecule has 1 fully saturated rings. The molecule has 1 atom stereocenters. The maximum atomic E-state index is 12.8. The summed E-state index contributed by atoms with van der Waals surface area (Å²) < 4.78 is 12.8. The highest BCUT2D eigenvalue weighted by Gasteiger charge is 2.25. The van der Waals surface area contributed by atoms with Gasteiger partial charge in [-0.15, -0.1) is 0 Å². The van der Waals surface area contributed by atoms with Crippen molar-refractivity contribution in [3.05, 3.63) is 30.1 Å². The highest BCUT2D eigenvalue weighted by atomic mass is 19.1. The first-order valence-electron chi connectivity index (χ1n) is 6.95. The topological polar surface area (TPSA) is 52.6 Å². The van der Waals surface area contributed by atoms with Gasteiger partial charge in [-0.1, -0.05) is 0 Å². The molecule has 110 valence electrons. The molecule has 1 saturated heterocycles. The van der Waals surface area contributed by atoms with Crippen molar-refractivity contribution in [3.8, 4) is 0 Å². The van der Waals surface area contributed by atoms with Gasteiger partial charge in [-0.2, -0.15) is 0 Å². The van der Waals surface area contributed by atoms with Crippen molar-refractivity contribution >= 4 is 11.6 Å². The molecular weight excluding hydrogens is 259 g/mol. The van der Waals surface area contributed by atoms with Gasteiger partial charge >= 0.3 is 0 Å². The lowest BCUT2D eigenvalue weighted by Gasteiger charge is -2.22. The minimum Gasteiger partial charge on any atom is -0.390 e. The number of rotatable bonds is 3. The predicted molar refractivity (Wildman–Crippen MR) is 75.9 cm³/mol. The molecule has 1 aliphatic heterocycles. The number of benzene rings is 1. The number of amides is 1. The van der Waals surface area contributed by atoms with Crippen LogP contribution < -0.4 is 5.32 Å². The third kappa shape index (κ3) is 4.58.